The number of benzene rings is 2. The summed E-state index contributed by atoms with van der Waals surface area (Å²) in [6.45, 7) is 0. The Morgan fingerprint density at radius 1 is 1.09 bits per heavy atom. The first-order chi connectivity index (χ1) is 10.6. The minimum atomic E-state index is 0.554. The fraction of sp³-hybridized carbons (Fsp3) is 0.118. The van der Waals surface area contributed by atoms with Gasteiger partial charge < -0.3 is 9.64 Å². The molecule has 0 saturated carbocycles. The SMILES string of the molecule is CN(C)c1nc2ccc(Br)cc2c(Cl)c1Oc1ccccc1. The Morgan fingerprint density at radius 3 is 2.50 bits per heavy atom. The van der Waals surface area contributed by atoms with E-state index in [-0.39, 0.29) is 0 Å². The third kappa shape index (κ3) is 2.89. The van der Waals surface area contributed by atoms with Gasteiger partial charge in [-0.05, 0) is 30.3 Å². The molecule has 0 saturated heterocycles. The summed E-state index contributed by atoms with van der Waals surface area (Å²) in [4.78, 5) is 6.56. The van der Waals surface area contributed by atoms with Gasteiger partial charge in [-0.15, -0.1) is 0 Å². The van der Waals surface area contributed by atoms with Gasteiger partial charge in [-0.1, -0.05) is 45.7 Å². The van der Waals surface area contributed by atoms with Crippen molar-refractivity contribution < 1.29 is 4.74 Å². The molecule has 1 aromatic heterocycles. The molecule has 0 aliphatic heterocycles. The van der Waals surface area contributed by atoms with E-state index in [9.17, 15) is 0 Å². The summed E-state index contributed by atoms with van der Waals surface area (Å²) in [5, 5.41) is 1.41. The van der Waals surface area contributed by atoms with Crippen LogP contribution in [0.4, 0.5) is 5.82 Å². The fourth-order valence-electron chi connectivity index (χ4n) is 2.17. The number of aromatic nitrogens is 1. The predicted octanol–water partition coefficient (Wildman–Crippen LogP) is 5.51. The normalized spacial score (nSPS) is 10.7. The van der Waals surface area contributed by atoms with E-state index in [2.05, 4.69) is 20.9 Å². The molecule has 0 aliphatic carbocycles. The lowest BCUT2D eigenvalue weighted by molar-refractivity contribution is 0.482. The predicted molar refractivity (Wildman–Crippen MR) is 95.3 cm³/mol. The van der Waals surface area contributed by atoms with Gasteiger partial charge in [0.25, 0.3) is 0 Å². The smallest absolute Gasteiger partial charge is 0.189 e. The Labute approximate surface area is 142 Å². The Morgan fingerprint density at radius 2 is 1.82 bits per heavy atom. The van der Waals surface area contributed by atoms with Gasteiger partial charge in [0.05, 0.1) is 10.5 Å². The van der Waals surface area contributed by atoms with Gasteiger partial charge in [-0.25, -0.2) is 4.98 Å². The maximum Gasteiger partial charge on any atom is 0.189 e. The summed E-state index contributed by atoms with van der Waals surface area (Å²) in [6.07, 6.45) is 0. The number of anilines is 1. The minimum absolute atomic E-state index is 0.554. The van der Waals surface area contributed by atoms with Gasteiger partial charge in [0.15, 0.2) is 11.6 Å². The number of rotatable bonds is 3. The number of fused-ring (bicyclic) bond motifs is 1. The lowest BCUT2D eigenvalue weighted by Gasteiger charge is -2.19. The van der Waals surface area contributed by atoms with Crippen LogP contribution < -0.4 is 9.64 Å². The van der Waals surface area contributed by atoms with E-state index in [0.717, 1.165) is 21.1 Å². The molecule has 0 amide bonds. The van der Waals surface area contributed by atoms with Crippen LogP contribution in [-0.4, -0.2) is 19.1 Å². The van der Waals surface area contributed by atoms with Crippen molar-refractivity contribution in [2.75, 3.05) is 19.0 Å². The second-order valence-corrected chi connectivity index (χ2v) is 6.34. The number of hydrogen-bond acceptors (Lipinski definition) is 3. The van der Waals surface area contributed by atoms with Crippen molar-refractivity contribution in [3.63, 3.8) is 0 Å². The van der Waals surface area contributed by atoms with E-state index in [1.165, 1.54) is 0 Å². The molecule has 0 unspecified atom stereocenters. The molecule has 2 aromatic carbocycles. The minimum Gasteiger partial charge on any atom is -0.452 e. The molecule has 112 valence electrons. The summed E-state index contributed by atoms with van der Waals surface area (Å²) < 4.78 is 6.95. The highest BCUT2D eigenvalue weighted by atomic mass is 79.9. The van der Waals surface area contributed by atoms with Crippen LogP contribution in [0.2, 0.25) is 5.02 Å². The maximum absolute atomic E-state index is 6.60. The van der Waals surface area contributed by atoms with E-state index >= 15 is 0 Å². The van der Waals surface area contributed by atoms with Crippen LogP contribution in [0.5, 0.6) is 11.5 Å². The maximum atomic E-state index is 6.60. The molecule has 0 bridgehead atoms. The van der Waals surface area contributed by atoms with Crippen LogP contribution in [-0.2, 0) is 0 Å². The zero-order valence-corrected chi connectivity index (χ0v) is 14.5. The molecule has 0 N–H and O–H groups in total. The fourth-order valence-corrected chi connectivity index (χ4v) is 2.80. The molecule has 0 radical (unpaired) electrons. The first-order valence-corrected chi connectivity index (χ1v) is 7.92. The number of pyridine rings is 1. The average Bonchev–Trinajstić information content (AvgIpc) is 2.51. The van der Waals surface area contributed by atoms with E-state index in [0.29, 0.717) is 16.6 Å². The van der Waals surface area contributed by atoms with Crippen molar-refractivity contribution in [1.29, 1.82) is 0 Å². The Hall–Kier alpha value is -1.78. The van der Waals surface area contributed by atoms with Crippen LogP contribution in [0.1, 0.15) is 0 Å². The van der Waals surface area contributed by atoms with Crippen molar-refractivity contribution in [1.82, 2.24) is 4.98 Å². The second kappa shape index (κ2) is 6.15. The van der Waals surface area contributed by atoms with Gasteiger partial charge in [0, 0.05) is 24.0 Å². The number of hydrogen-bond donors (Lipinski definition) is 0. The van der Waals surface area contributed by atoms with Gasteiger partial charge in [-0.2, -0.15) is 0 Å². The van der Waals surface area contributed by atoms with Crippen LogP contribution in [0.15, 0.2) is 53.0 Å². The molecule has 5 heteroatoms. The van der Waals surface area contributed by atoms with Gasteiger partial charge in [-0.3, -0.25) is 0 Å². The van der Waals surface area contributed by atoms with Crippen LogP contribution in [0.3, 0.4) is 0 Å². The molecule has 3 rings (SSSR count). The van der Waals surface area contributed by atoms with Gasteiger partial charge >= 0.3 is 0 Å². The molecule has 3 aromatic rings. The van der Waals surface area contributed by atoms with Crippen LogP contribution in [0.25, 0.3) is 10.9 Å². The van der Waals surface area contributed by atoms with Crippen molar-refractivity contribution >= 4 is 44.3 Å². The zero-order valence-electron chi connectivity index (χ0n) is 12.2. The molecular formula is C17H14BrClN2O. The highest BCUT2D eigenvalue weighted by molar-refractivity contribution is 9.10. The summed E-state index contributed by atoms with van der Waals surface area (Å²) in [6, 6.07) is 15.4. The molecule has 0 aliphatic rings. The van der Waals surface area contributed by atoms with Crippen LogP contribution >= 0.6 is 27.5 Å². The lowest BCUT2D eigenvalue weighted by Crippen LogP contribution is -2.12. The topological polar surface area (TPSA) is 25.4 Å². The highest BCUT2D eigenvalue weighted by Crippen LogP contribution is 2.41. The van der Waals surface area contributed by atoms with Crippen molar-refractivity contribution in [3.8, 4) is 11.5 Å². The number of ether oxygens (including phenoxy) is 1. The summed E-state index contributed by atoms with van der Waals surface area (Å²) >= 11 is 10.1. The summed E-state index contributed by atoms with van der Waals surface area (Å²) in [5.41, 5.74) is 0.831. The largest absolute Gasteiger partial charge is 0.452 e. The highest BCUT2D eigenvalue weighted by Gasteiger charge is 2.17. The Bertz CT molecular complexity index is 822. The first kappa shape index (κ1) is 15.1. The molecule has 0 fully saturated rings. The number of para-hydroxylation sites is 1. The zero-order chi connectivity index (χ0) is 15.7. The van der Waals surface area contributed by atoms with Crippen molar-refractivity contribution in [3.05, 3.63) is 58.0 Å². The molecule has 0 atom stereocenters. The quantitative estimate of drug-likeness (QED) is 0.602. The number of halogens is 2. The van der Waals surface area contributed by atoms with E-state index in [1.807, 2.05) is 67.5 Å². The summed E-state index contributed by atoms with van der Waals surface area (Å²) in [5.74, 6) is 1.98. The molecule has 22 heavy (non-hydrogen) atoms. The Balaban J connectivity index is 2.21. The molecule has 1 heterocycles. The standard InChI is InChI=1S/C17H14BrClN2O/c1-21(2)17-16(22-12-6-4-3-5-7-12)15(19)13-10-11(18)8-9-14(13)20-17/h3-10H,1-2H3. The lowest BCUT2D eigenvalue weighted by atomic mass is 10.2. The van der Waals surface area contributed by atoms with E-state index < -0.39 is 0 Å². The van der Waals surface area contributed by atoms with Crippen LogP contribution in [0, 0.1) is 0 Å². The molecule has 0 spiro atoms. The van der Waals surface area contributed by atoms with Crippen molar-refractivity contribution in [2.45, 2.75) is 0 Å². The first-order valence-electron chi connectivity index (χ1n) is 6.75. The molecule has 3 nitrogen and oxygen atoms in total. The average molecular weight is 378 g/mol. The van der Waals surface area contributed by atoms with E-state index in [1.54, 1.807) is 0 Å². The Kier molecular flexibility index (Phi) is 4.23. The van der Waals surface area contributed by atoms with Gasteiger partial charge in [0.2, 0.25) is 0 Å². The van der Waals surface area contributed by atoms with E-state index in [4.69, 9.17) is 16.3 Å². The third-order valence-corrected chi connectivity index (χ3v) is 4.08. The number of nitrogens with zero attached hydrogens (tertiary/aromatic N) is 2. The van der Waals surface area contributed by atoms with Crippen molar-refractivity contribution in [2.24, 2.45) is 0 Å². The monoisotopic (exact) mass is 376 g/mol. The second-order valence-electron chi connectivity index (χ2n) is 5.05. The van der Waals surface area contributed by atoms with Gasteiger partial charge in [0.1, 0.15) is 5.75 Å². The third-order valence-electron chi connectivity index (χ3n) is 3.21. The summed E-state index contributed by atoms with van der Waals surface area (Å²) in [7, 11) is 3.84. The molecular weight excluding hydrogens is 364 g/mol.